The molecule has 128 valence electrons. The van der Waals surface area contributed by atoms with Crippen molar-refractivity contribution in [1.82, 2.24) is 4.31 Å². The summed E-state index contributed by atoms with van der Waals surface area (Å²) >= 11 is 0. The molecule has 0 fully saturated rings. The second-order valence-electron chi connectivity index (χ2n) is 5.92. The molecule has 1 aromatic carbocycles. The number of hydrogen-bond acceptors (Lipinski definition) is 2. The van der Waals surface area contributed by atoms with Gasteiger partial charge in [0.1, 0.15) is 0 Å². The Morgan fingerprint density at radius 2 is 1.57 bits per heavy atom. The molecule has 0 heterocycles. The van der Waals surface area contributed by atoms with Gasteiger partial charge in [0.15, 0.2) is 0 Å². The van der Waals surface area contributed by atoms with E-state index in [1.807, 2.05) is 30.3 Å². The summed E-state index contributed by atoms with van der Waals surface area (Å²) in [5.41, 5.74) is 0.947. The Balaban J connectivity index is 2.38. The van der Waals surface area contributed by atoms with Crippen LogP contribution < -0.4 is 0 Å². The van der Waals surface area contributed by atoms with Crippen LogP contribution in [-0.2, 0) is 16.6 Å². The Labute approximate surface area is 142 Å². The third kappa shape index (κ3) is 9.30. The average molecular weight is 336 g/mol. The lowest BCUT2D eigenvalue weighted by Gasteiger charge is -2.14. The topological polar surface area (TPSA) is 37.4 Å². The molecule has 0 N–H and O–H groups in total. The van der Waals surface area contributed by atoms with Crippen LogP contribution in [-0.4, -0.2) is 19.0 Å². The van der Waals surface area contributed by atoms with Crippen molar-refractivity contribution in [1.29, 1.82) is 0 Å². The van der Waals surface area contributed by atoms with Crippen molar-refractivity contribution in [2.45, 2.75) is 64.8 Å². The molecule has 0 spiro atoms. The van der Waals surface area contributed by atoms with E-state index < -0.39 is 10.0 Å². The van der Waals surface area contributed by atoms with Gasteiger partial charge in [0.25, 0.3) is 0 Å². The molecule has 0 unspecified atom stereocenters. The lowest BCUT2D eigenvalue weighted by molar-refractivity contribution is 0.514. The fourth-order valence-corrected chi connectivity index (χ4v) is 2.92. The van der Waals surface area contributed by atoms with Gasteiger partial charge in [0.05, 0.1) is 12.8 Å². The molecule has 0 aliphatic rings. The molecule has 0 bridgehead atoms. The van der Waals surface area contributed by atoms with Gasteiger partial charge in [-0.05, 0) is 12.0 Å². The Morgan fingerprint density at radius 1 is 0.957 bits per heavy atom. The van der Waals surface area contributed by atoms with Gasteiger partial charge in [0, 0.05) is 12.5 Å². The normalized spacial score (nSPS) is 10.9. The van der Waals surface area contributed by atoms with Crippen LogP contribution in [0.1, 0.15) is 63.9 Å². The molecule has 0 atom stereocenters. The Morgan fingerprint density at radius 3 is 2.17 bits per heavy atom. The summed E-state index contributed by atoms with van der Waals surface area (Å²) < 4.78 is 24.9. The number of nitrogens with zero attached hydrogens (tertiary/aromatic N) is 1. The third-order valence-corrected chi connectivity index (χ3v) is 4.70. The van der Waals surface area contributed by atoms with Crippen molar-refractivity contribution in [2.24, 2.45) is 0 Å². The van der Waals surface area contributed by atoms with Crippen LogP contribution in [0.15, 0.2) is 30.3 Å². The highest BCUT2D eigenvalue weighted by atomic mass is 32.2. The summed E-state index contributed by atoms with van der Waals surface area (Å²) in [5, 5.41) is 0. The van der Waals surface area contributed by atoms with Crippen molar-refractivity contribution in [3.63, 3.8) is 0 Å². The summed E-state index contributed by atoms with van der Waals surface area (Å²) in [6, 6.07) is 12.4. The summed E-state index contributed by atoms with van der Waals surface area (Å²) in [5.74, 6) is 3.01. The van der Waals surface area contributed by atoms with Gasteiger partial charge in [-0.15, -0.1) is 0 Å². The van der Waals surface area contributed by atoms with Crippen LogP contribution in [0, 0.1) is 12.0 Å². The fraction of sp³-hybridized carbons (Fsp3) is 0.579. The quantitative estimate of drug-likeness (QED) is 0.357. The molecule has 0 radical (unpaired) electrons. The minimum absolute atomic E-state index is 0.309. The smallest absolute Gasteiger partial charge is 0.224 e. The highest BCUT2D eigenvalue weighted by Gasteiger charge is 2.12. The van der Waals surface area contributed by atoms with Crippen LogP contribution in [0.3, 0.4) is 0 Å². The SMILES string of the molecule is CCCCCCCCCC#CN(Cc1ccccc1)S(C)(=O)=O. The highest BCUT2D eigenvalue weighted by Crippen LogP contribution is 2.09. The maximum Gasteiger partial charge on any atom is 0.239 e. The first-order chi connectivity index (χ1) is 11.0. The molecule has 0 saturated carbocycles. The van der Waals surface area contributed by atoms with Crippen molar-refractivity contribution in [3.05, 3.63) is 35.9 Å². The van der Waals surface area contributed by atoms with Crippen molar-refractivity contribution in [3.8, 4) is 12.0 Å². The lowest BCUT2D eigenvalue weighted by Crippen LogP contribution is -2.24. The van der Waals surface area contributed by atoms with E-state index in [0.717, 1.165) is 18.4 Å². The molecule has 0 amide bonds. The number of sulfonamides is 1. The maximum atomic E-state index is 11.8. The second kappa shape index (κ2) is 11.1. The van der Waals surface area contributed by atoms with Gasteiger partial charge in [0.2, 0.25) is 10.0 Å². The molecule has 0 saturated heterocycles. The highest BCUT2D eigenvalue weighted by molar-refractivity contribution is 7.88. The number of benzene rings is 1. The molecule has 0 aliphatic carbocycles. The zero-order valence-corrected chi connectivity index (χ0v) is 15.2. The standard InChI is InChI=1S/C19H29NO2S/c1-3-4-5-6-7-8-9-10-14-17-20(23(2,21)22)18-19-15-12-11-13-16-19/h11-13,15-16H,3-10,18H2,1-2H3. The number of hydrogen-bond donors (Lipinski definition) is 0. The van der Waals surface area contributed by atoms with Gasteiger partial charge < -0.3 is 0 Å². The van der Waals surface area contributed by atoms with Crippen LogP contribution in [0.25, 0.3) is 0 Å². The summed E-state index contributed by atoms with van der Waals surface area (Å²) in [6.07, 6.45) is 10.6. The minimum Gasteiger partial charge on any atom is -0.224 e. The van der Waals surface area contributed by atoms with Gasteiger partial charge >= 0.3 is 0 Å². The van der Waals surface area contributed by atoms with E-state index in [4.69, 9.17) is 0 Å². The van der Waals surface area contributed by atoms with Gasteiger partial charge in [-0.1, -0.05) is 81.7 Å². The zero-order valence-electron chi connectivity index (χ0n) is 14.4. The third-order valence-electron chi connectivity index (χ3n) is 3.68. The molecule has 1 rings (SSSR count). The van der Waals surface area contributed by atoms with Crippen molar-refractivity contribution < 1.29 is 8.42 Å². The number of unbranched alkanes of at least 4 members (excludes halogenated alkanes) is 7. The van der Waals surface area contributed by atoms with Gasteiger partial charge in [-0.25, -0.2) is 12.7 Å². The van der Waals surface area contributed by atoms with Crippen LogP contribution in [0.4, 0.5) is 0 Å². The predicted octanol–water partition coefficient (Wildman–Crippen LogP) is 4.55. The van der Waals surface area contributed by atoms with Crippen LogP contribution in [0.2, 0.25) is 0 Å². The van der Waals surface area contributed by atoms with Crippen LogP contribution >= 0.6 is 0 Å². The lowest BCUT2D eigenvalue weighted by atomic mass is 10.1. The van der Waals surface area contributed by atoms with E-state index in [9.17, 15) is 8.42 Å². The fourth-order valence-electron chi connectivity index (χ4n) is 2.30. The molecule has 3 nitrogen and oxygen atoms in total. The van der Waals surface area contributed by atoms with E-state index in [2.05, 4.69) is 18.9 Å². The van der Waals surface area contributed by atoms with E-state index in [1.165, 1.54) is 49.1 Å². The van der Waals surface area contributed by atoms with E-state index in [1.54, 1.807) is 0 Å². The Bertz CT molecular complexity index is 585. The van der Waals surface area contributed by atoms with Gasteiger partial charge in [-0.3, -0.25) is 0 Å². The first kappa shape index (κ1) is 19.6. The second-order valence-corrected chi connectivity index (χ2v) is 7.82. The molecular weight excluding hydrogens is 306 g/mol. The monoisotopic (exact) mass is 335 g/mol. The average Bonchev–Trinajstić information content (AvgIpc) is 2.52. The largest absolute Gasteiger partial charge is 0.239 e. The maximum absolute atomic E-state index is 11.8. The molecule has 0 aliphatic heterocycles. The number of rotatable bonds is 10. The Kier molecular flexibility index (Phi) is 9.47. The first-order valence-corrected chi connectivity index (χ1v) is 10.4. The van der Waals surface area contributed by atoms with E-state index in [0.29, 0.717) is 6.54 Å². The summed E-state index contributed by atoms with van der Waals surface area (Å²) in [6.45, 7) is 2.53. The van der Waals surface area contributed by atoms with Crippen molar-refractivity contribution >= 4 is 10.0 Å². The molecule has 23 heavy (non-hydrogen) atoms. The van der Waals surface area contributed by atoms with E-state index in [-0.39, 0.29) is 0 Å². The minimum atomic E-state index is -3.31. The van der Waals surface area contributed by atoms with Crippen LogP contribution in [0.5, 0.6) is 0 Å². The summed E-state index contributed by atoms with van der Waals surface area (Å²) in [4.78, 5) is 0. The zero-order chi connectivity index (χ0) is 17.0. The van der Waals surface area contributed by atoms with Crippen molar-refractivity contribution in [2.75, 3.05) is 6.26 Å². The molecule has 1 aromatic rings. The predicted molar refractivity (Wildman–Crippen MR) is 97.2 cm³/mol. The molecule has 4 heteroatoms. The first-order valence-electron chi connectivity index (χ1n) is 8.54. The Hall–Kier alpha value is -1.47. The van der Waals surface area contributed by atoms with E-state index >= 15 is 0 Å². The molecular formula is C19H29NO2S. The summed E-state index contributed by atoms with van der Waals surface area (Å²) in [7, 11) is -3.31. The molecule has 0 aromatic heterocycles. The van der Waals surface area contributed by atoms with Gasteiger partial charge in [-0.2, -0.15) is 0 Å².